The van der Waals surface area contributed by atoms with Crippen LogP contribution in [0.25, 0.3) is 10.8 Å². The Labute approximate surface area is 88.5 Å². The fraction of sp³-hybridized carbons (Fsp3) is 0.154. The molecule has 15 heavy (non-hydrogen) atoms. The highest BCUT2D eigenvalue weighted by Crippen LogP contribution is 2.24. The second kappa shape index (κ2) is 4.60. The molecule has 0 amide bonds. The van der Waals surface area contributed by atoms with Crippen LogP contribution in [-0.2, 0) is 4.79 Å². The van der Waals surface area contributed by atoms with E-state index in [0.717, 1.165) is 22.8 Å². The number of rotatable bonds is 4. The first kappa shape index (κ1) is 9.71. The Morgan fingerprint density at radius 2 is 1.87 bits per heavy atom. The molecule has 2 aromatic rings. The lowest BCUT2D eigenvalue weighted by molar-refractivity contribution is -0.108. The van der Waals surface area contributed by atoms with Gasteiger partial charge in [-0.25, -0.2) is 0 Å². The summed E-state index contributed by atoms with van der Waals surface area (Å²) in [6.07, 6.45) is 1.30. The third-order valence-electron chi connectivity index (χ3n) is 2.24. The molecule has 2 nitrogen and oxygen atoms in total. The predicted octanol–water partition coefficient (Wildman–Crippen LogP) is 2.81. The molecule has 0 aliphatic rings. The maximum Gasteiger partial charge on any atom is 0.127 e. The van der Waals surface area contributed by atoms with Crippen molar-refractivity contribution in [1.82, 2.24) is 0 Å². The Bertz CT molecular complexity index is 458. The third-order valence-corrected chi connectivity index (χ3v) is 2.24. The van der Waals surface area contributed by atoms with Crippen LogP contribution in [0.4, 0.5) is 0 Å². The molecule has 0 spiro atoms. The van der Waals surface area contributed by atoms with Crippen LogP contribution in [0.3, 0.4) is 0 Å². The summed E-state index contributed by atoms with van der Waals surface area (Å²) in [7, 11) is 0. The third kappa shape index (κ3) is 2.15. The minimum atomic E-state index is 0.434. The fourth-order valence-electron chi connectivity index (χ4n) is 1.54. The van der Waals surface area contributed by atoms with Gasteiger partial charge in [0, 0.05) is 11.8 Å². The number of hydrogen-bond donors (Lipinski definition) is 0. The minimum Gasteiger partial charge on any atom is -0.492 e. The first-order chi connectivity index (χ1) is 7.42. The molecule has 0 bridgehead atoms. The van der Waals surface area contributed by atoms with Gasteiger partial charge in [0.25, 0.3) is 0 Å². The van der Waals surface area contributed by atoms with Gasteiger partial charge in [0.05, 0.1) is 6.61 Å². The predicted molar refractivity (Wildman–Crippen MR) is 60.1 cm³/mol. The highest BCUT2D eigenvalue weighted by molar-refractivity contribution is 5.88. The Hall–Kier alpha value is -1.83. The summed E-state index contributed by atoms with van der Waals surface area (Å²) in [5, 5.41) is 2.24. The quantitative estimate of drug-likeness (QED) is 0.560. The Morgan fingerprint density at radius 1 is 1.07 bits per heavy atom. The van der Waals surface area contributed by atoms with Crippen molar-refractivity contribution < 1.29 is 9.53 Å². The summed E-state index contributed by atoms with van der Waals surface area (Å²) in [6.45, 7) is 0.442. The van der Waals surface area contributed by atoms with Gasteiger partial charge in [0.1, 0.15) is 12.0 Å². The zero-order valence-corrected chi connectivity index (χ0v) is 8.35. The van der Waals surface area contributed by atoms with E-state index in [9.17, 15) is 4.79 Å². The van der Waals surface area contributed by atoms with Gasteiger partial charge in [-0.2, -0.15) is 0 Å². The van der Waals surface area contributed by atoms with Gasteiger partial charge < -0.3 is 9.53 Å². The Kier molecular flexibility index (Phi) is 2.98. The van der Waals surface area contributed by atoms with Crippen molar-refractivity contribution in [2.45, 2.75) is 6.42 Å². The van der Waals surface area contributed by atoms with Gasteiger partial charge >= 0.3 is 0 Å². The average Bonchev–Trinajstić information content (AvgIpc) is 2.30. The van der Waals surface area contributed by atoms with Gasteiger partial charge in [-0.1, -0.05) is 36.4 Å². The number of carbonyl (C=O) groups excluding carboxylic acids is 1. The Morgan fingerprint density at radius 3 is 2.73 bits per heavy atom. The van der Waals surface area contributed by atoms with Crippen molar-refractivity contribution in [3.8, 4) is 5.75 Å². The van der Waals surface area contributed by atoms with Crippen molar-refractivity contribution in [1.29, 1.82) is 0 Å². The van der Waals surface area contributed by atoms with Gasteiger partial charge in [-0.05, 0) is 11.5 Å². The maximum absolute atomic E-state index is 10.2. The first-order valence-electron chi connectivity index (χ1n) is 4.96. The monoisotopic (exact) mass is 200 g/mol. The van der Waals surface area contributed by atoms with E-state index < -0.39 is 0 Å². The summed E-state index contributed by atoms with van der Waals surface area (Å²) < 4.78 is 5.53. The van der Waals surface area contributed by atoms with E-state index >= 15 is 0 Å². The number of benzene rings is 2. The second-order valence-corrected chi connectivity index (χ2v) is 3.28. The number of ether oxygens (including phenoxy) is 1. The number of carbonyl (C=O) groups is 1. The normalized spacial score (nSPS) is 10.1. The molecule has 0 heterocycles. The van der Waals surface area contributed by atoms with Crippen LogP contribution in [0.2, 0.25) is 0 Å². The highest BCUT2D eigenvalue weighted by Gasteiger charge is 1.99. The molecule has 0 unspecified atom stereocenters. The smallest absolute Gasteiger partial charge is 0.127 e. The van der Waals surface area contributed by atoms with Gasteiger partial charge in [0.15, 0.2) is 0 Å². The van der Waals surface area contributed by atoms with E-state index in [-0.39, 0.29) is 0 Å². The summed E-state index contributed by atoms with van der Waals surface area (Å²) in [5.41, 5.74) is 0. The Balaban J connectivity index is 2.30. The minimum absolute atomic E-state index is 0.434. The van der Waals surface area contributed by atoms with Crippen LogP contribution < -0.4 is 4.74 Å². The molecule has 0 atom stereocenters. The molecule has 0 N–H and O–H groups in total. The molecule has 2 heteroatoms. The van der Waals surface area contributed by atoms with Crippen molar-refractivity contribution in [3.05, 3.63) is 42.5 Å². The molecular weight excluding hydrogens is 188 g/mol. The van der Waals surface area contributed by atoms with Gasteiger partial charge in [0.2, 0.25) is 0 Å². The molecule has 0 saturated carbocycles. The van der Waals surface area contributed by atoms with Crippen LogP contribution in [0.15, 0.2) is 42.5 Å². The van der Waals surface area contributed by atoms with Crippen LogP contribution in [0.5, 0.6) is 5.75 Å². The van der Waals surface area contributed by atoms with Crippen LogP contribution in [-0.4, -0.2) is 12.9 Å². The lowest BCUT2D eigenvalue weighted by Gasteiger charge is -2.07. The van der Waals surface area contributed by atoms with Crippen molar-refractivity contribution in [2.24, 2.45) is 0 Å². The summed E-state index contributed by atoms with van der Waals surface area (Å²) in [6, 6.07) is 14.0. The molecule has 2 rings (SSSR count). The topological polar surface area (TPSA) is 26.3 Å². The van der Waals surface area contributed by atoms with Crippen LogP contribution >= 0.6 is 0 Å². The molecule has 0 saturated heterocycles. The second-order valence-electron chi connectivity index (χ2n) is 3.28. The summed E-state index contributed by atoms with van der Waals surface area (Å²) >= 11 is 0. The van der Waals surface area contributed by atoms with E-state index in [1.807, 2.05) is 42.5 Å². The summed E-state index contributed by atoms with van der Waals surface area (Å²) in [5.74, 6) is 0.843. The van der Waals surface area contributed by atoms with E-state index in [4.69, 9.17) is 4.74 Å². The van der Waals surface area contributed by atoms with Crippen LogP contribution in [0.1, 0.15) is 6.42 Å². The zero-order valence-electron chi connectivity index (χ0n) is 8.35. The largest absolute Gasteiger partial charge is 0.492 e. The van der Waals surface area contributed by atoms with Gasteiger partial charge in [-0.15, -0.1) is 0 Å². The molecule has 0 aromatic heterocycles. The van der Waals surface area contributed by atoms with Crippen LogP contribution in [0, 0.1) is 0 Å². The molecule has 2 aromatic carbocycles. The fourth-order valence-corrected chi connectivity index (χ4v) is 1.54. The molecular formula is C13H12O2. The molecule has 0 radical (unpaired) electrons. The van der Waals surface area contributed by atoms with Crippen molar-refractivity contribution >= 4 is 17.1 Å². The first-order valence-corrected chi connectivity index (χ1v) is 4.96. The standard InChI is InChI=1S/C13H12O2/c14-9-4-10-15-13-8-3-6-11-5-1-2-7-12(11)13/h1-3,5-9H,4,10H2. The van der Waals surface area contributed by atoms with E-state index in [1.165, 1.54) is 0 Å². The van der Waals surface area contributed by atoms with E-state index in [1.54, 1.807) is 0 Å². The molecule has 0 aliphatic heterocycles. The van der Waals surface area contributed by atoms with Gasteiger partial charge in [-0.3, -0.25) is 0 Å². The maximum atomic E-state index is 10.2. The number of aldehydes is 1. The zero-order chi connectivity index (χ0) is 10.5. The molecule has 76 valence electrons. The molecule has 0 aliphatic carbocycles. The van der Waals surface area contributed by atoms with E-state index in [0.29, 0.717) is 13.0 Å². The lowest BCUT2D eigenvalue weighted by Crippen LogP contribution is -1.97. The van der Waals surface area contributed by atoms with E-state index in [2.05, 4.69) is 0 Å². The highest BCUT2D eigenvalue weighted by atomic mass is 16.5. The van der Waals surface area contributed by atoms with Crippen molar-refractivity contribution in [3.63, 3.8) is 0 Å². The number of hydrogen-bond acceptors (Lipinski definition) is 2. The SMILES string of the molecule is O=CCCOc1cccc2ccccc12. The lowest BCUT2D eigenvalue weighted by atomic mass is 10.1. The summed E-state index contributed by atoms with van der Waals surface area (Å²) in [4.78, 5) is 10.2. The van der Waals surface area contributed by atoms with Crippen molar-refractivity contribution in [2.75, 3.05) is 6.61 Å². The average molecular weight is 200 g/mol. The molecule has 0 fully saturated rings. The number of fused-ring (bicyclic) bond motifs is 1.